The minimum Gasteiger partial charge on any atom is -0.309 e. The molecule has 2 aromatic rings. The van der Waals surface area contributed by atoms with Crippen molar-refractivity contribution in [3.8, 4) is 11.4 Å². The summed E-state index contributed by atoms with van der Waals surface area (Å²) in [5.74, 6) is 0. The average Bonchev–Trinajstić information content (AvgIpc) is 2.76. The largest absolute Gasteiger partial charge is 0.309 e. The molecule has 0 aromatic carbocycles. The van der Waals surface area contributed by atoms with Crippen LogP contribution in [-0.4, -0.2) is 21.2 Å². The molecular weight excluding hydrogens is 200 g/mol. The van der Waals surface area contributed by atoms with Crippen molar-refractivity contribution in [3.63, 3.8) is 0 Å². The second-order valence-corrected chi connectivity index (χ2v) is 4.03. The van der Waals surface area contributed by atoms with E-state index in [4.69, 9.17) is 0 Å². The summed E-state index contributed by atoms with van der Waals surface area (Å²) in [6, 6.07) is 8.31. The van der Waals surface area contributed by atoms with Gasteiger partial charge < -0.3 is 5.32 Å². The van der Waals surface area contributed by atoms with E-state index < -0.39 is 0 Å². The molecule has 0 spiro atoms. The highest BCUT2D eigenvalue weighted by Gasteiger charge is 2.04. The molecule has 0 saturated heterocycles. The Bertz CT molecular complexity index is 433. The van der Waals surface area contributed by atoms with Crippen LogP contribution in [0.3, 0.4) is 0 Å². The van der Waals surface area contributed by atoms with E-state index in [0.29, 0.717) is 6.04 Å². The molecule has 4 heteroatoms. The highest BCUT2D eigenvalue weighted by Crippen LogP contribution is 2.13. The molecule has 16 heavy (non-hydrogen) atoms. The fourth-order valence-electron chi connectivity index (χ4n) is 1.41. The van der Waals surface area contributed by atoms with Crippen molar-refractivity contribution in [2.24, 2.45) is 0 Å². The van der Waals surface area contributed by atoms with E-state index in [1.165, 1.54) is 0 Å². The highest BCUT2D eigenvalue weighted by molar-refractivity contribution is 5.53. The van der Waals surface area contributed by atoms with Crippen molar-refractivity contribution in [3.05, 3.63) is 36.2 Å². The number of hydrogen-bond donors (Lipinski definition) is 2. The number of aromatic amines is 1. The Balaban J connectivity index is 2.08. The number of H-pyrrole nitrogens is 1. The van der Waals surface area contributed by atoms with Crippen molar-refractivity contribution in [1.29, 1.82) is 0 Å². The highest BCUT2D eigenvalue weighted by atomic mass is 15.1. The number of pyridine rings is 1. The van der Waals surface area contributed by atoms with Crippen molar-refractivity contribution in [1.82, 2.24) is 20.5 Å². The molecule has 0 fully saturated rings. The van der Waals surface area contributed by atoms with Gasteiger partial charge in [-0.25, -0.2) is 0 Å². The van der Waals surface area contributed by atoms with Gasteiger partial charge in [-0.1, -0.05) is 19.9 Å². The van der Waals surface area contributed by atoms with E-state index in [1.807, 2.05) is 24.3 Å². The minimum atomic E-state index is 0.474. The Hall–Kier alpha value is -1.68. The third-order valence-corrected chi connectivity index (χ3v) is 2.26. The van der Waals surface area contributed by atoms with Gasteiger partial charge >= 0.3 is 0 Å². The van der Waals surface area contributed by atoms with Crippen LogP contribution in [0.15, 0.2) is 30.5 Å². The summed E-state index contributed by atoms with van der Waals surface area (Å²) in [6.45, 7) is 5.05. The predicted octanol–water partition coefficient (Wildman–Crippen LogP) is 1.97. The molecule has 0 atom stereocenters. The topological polar surface area (TPSA) is 53.6 Å². The Morgan fingerprint density at radius 2 is 2.19 bits per heavy atom. The monoisotopic (exact) mass is 216 g/mol. The molecule has 2 rings (SSSR count). The molecule has 2 N–H and O–H groups in total. The van der Waals surface area contributed by atoms with Crippen LogP contribution < -0.4 is 5.32 Å². The summed E-state index contributed by atoms with van der Waals surface area (Å²) in [6.07, 6.45) is 1.77. The average molecular weight is 216 g/mol. The molecule has 0 aliphatic carbocycles. The van der Waals surface area contributed by atoms with Gasteiger partial charge in [0, 0.05) is 24.5 Å². The molecule has 0 radical (unpaired) electrons. The summed E-state index contributed by atoms with van der Waals surface area (Å²) in [7, 11) is 0. The van der Waals surface area contributed by atoms with Crippen molar-refractivity contribution in [2.75, 3.05) is 0 Å². The Kier molecular flexibility index (Phi) is 3.31. The van der Waals surface area contributed by atoms with Gasteiger partial charge in [0.15, 0.2) is 0 Å². The normalized spacial score (nSPS) is 10.9. The molecule has 0 saturated carbocycles. The second kappa shape index (κ2) is 4.90. The van der Waals surface area contributed by atoms with Crippen molar-refractivity contribution >= 4 is 0 Å². The first-order chi connectivity index (χ1) is 7.75. The van der Waals surface area contributed by atoms with Gasteiger partial charge in [0.05, 0.1) is 5.69 Å². The molecule has 2 aromatic heterocycles. The smallest absolute Gasteiger partial charge is 0.111 e. The van der Waals surface area contributed by atoms with E-state index >= 15 is 0 Å². The number of nitrogens with one attached hydrogen (secondary N) is 2. The fraction of sp³-hybridized carbons (Fsp3) is 0.333. The lowest BCUT2D eigenvalue weighted by Crippen LogP contribution is -2.21. The van der Waals surface area contributed by atoms with Crippen LogP contribution in [0, 0.1) is 0 Å². The van der Waals surface area contributed by atoms with Crippen LogP contribution in [0.1, 0.15) is 19.5 Å². The van der Waals surface area contributed by atoms with Gasteiger partial charge in [-0.05, 0) is 18.2 Å². The third-order valence-electron chi connectivity index (χ3n) is 2.26. The van der Waals surface area contributed by atoms with Gasteiger partial charge in [0.25, 0.3) is 0 Å². The second-order valence-electron chi connectivity index (χ2n) is 4.03. The molecule has 0 aliphatic heterocycles. The summed E-state index contributed by atoms with van der Waals surface area (Å²) in [5, 5.41) is 10.6. The van der Waals surface area contributed by atoms with E-state index in [0.717, 1.165) is 23.6 Å². The van der Waals surface area contributed by atoms with Crippen molar-refractivity contribution in [2.45, 2.75) is 26.4 Å². The van der Waals surface area contributed by atoms with Crippen LogP contribution in [0.2, 0.25) is 0 Å². The number of nitrogens with zero attached hydrogens (tertiary/aromatic N) is 2. The number of aromatic nitrogens is 3. The lowest BCUT2D eigenvalue weighted by atomic mass is 10.2. The van der Waals surface area contributed by atoms with E-state index in [-0.39, 0.29) is 0 Å². The van der Waals surface area contributed by atoms with Crippen LogP contribution in [-0.2, 0) is 6.54 Å². The van der Waals surface area contributed by atoms with Crippen LogP contribution in [0.5, 0.6) is 0 Å². The first-order valence-electron chi connectivity index (χ1n) is 5.45. The number of rotatable bonds is 4. The molecule has 0 amide bonds. The molecule has 0 unspecified atom stereocenters. The zero-order valence-electron chi connectivity index (χ0n) is 9.57. The van der Waals surface area contributed by atoms with E-state index in [2.05, 4.69) is 34.3 Å². The van der Waals surface area contributed by atoms with Crippen LogP contribution in [0.4, 0.5) is 0 Å². The first kappa shape index (κ1) is 10.8. The number of hydrogen-bond acceptors (Lipinski definition) is 3. The molecule has 84 valence electrons. The maximum atomic E-state index is 4.25. The summed E-state index contributed by atoms with van der Waals surface area (Å²) in [4.78, 5) is 4.25. The summed E-state index contributed by atoms with van der Waals surface area (Å²) >= 11 is 0. The first-order valence-corrected chi connectivity index (χ1v) is 5.45. The maximum Gasteiger partial charge on any atom is 0.111 e. The molecule has 2 heterocycles. The summed E-state index contributed by atoms with van der Waals surface area (Å²) in [5.41, 5.74) is 2.87. The van der Waals surface area contributed by atoms with Crippen LogP contribution in [0.25, 0.3) is 11.4 Å². The SMILES string of the molecule is CC(C)NCc1cc(-c2ccccn2)n[nH]1. The zero-order valence-corrected chi connectivity index (χ0v) is 9.57. The standard InChI is InChI=1S/C12H16N4/c1-9(2)14-8-10-7-12(16-15-10)11-5-3-4-6-13-11/h3-7,9,14H,8H2,1-2H3,(H,15,16). The van der Waals surface area contributed by atoms with Gasteiger partial charge in [0.2, 0.25) is 0 Å². The van der Waals surface area contributed by atoms with Crippen molar-refractivity contribution < 1.29 is 0 Å². The Morgan fingerprint density at radius 3 is 2.88 bits per heavy atom. The molecular formula is C12H16N4. The van der Waals surface area contributed by atoms with Gasteiger partial charge in [-0.2, -0.15) is 5.10 Å². The van der Waals surface area contributed by atoms with E-state index in [9.17, 15) is 0 Å². The van der Waals surface area contributed by atoms with Gasteiger partial charge in [-0.3, -0.25) is 10.1 Å². The van der Waals surface area contributed by atoms with E-state index in [1.54, 1.807) is 6.20 Å². The Morgan fingerprint density at radius 1 is 1.31 bits per heavy atom. The molecule has 4 nitrogen and oxygen atoms in total. The lowest BCUT2D eigenvalue weighted by molar-refractivity contribution is 0.580. The van der Waals surface area contributed by atoms with Gasteiger partial charge in [0.1, 0.15) is 5.69 Å². The predicted molar refractivity (Wildman–Crippen MR) is 63.8 cm³/mol. The lowest BCUT2D eigenvalue weighted by Gasteiger charge is -2.04. The third kappa shape index (κ3) is 2.67. The summed E-state index contributed by atoms with van der Waals surface area (Å²) < 4.78 is 0. The molecule has 0 bridgehead atoms. The van der Waals surface area contributed by atoms with Gasteiger partial charge in [-0.15, -0.1) is 0 Å². The maximum absolute atomic E-state index is 4.25. The fourth-order valence-corrected chi connectivity index (χ4v) is 1.41. The minimum absolute atomic E-state index is 0.474. The Labute approximate surface area is 95.1 Å². The molecule has 0 aliphatic rings. The van der Waals surface area contributed by atoms with Crippen LogP contribution >= 0.6 is 0 Å². The zero-order chi connectivity index (χ0) is 11.4. The quantitative estimate of drug-likeness (QED) is 0.821.